The summed E-state index contributed by atoms with van der Waals surface area (Å²) in [5.41, 5.74) is 2.83. The molecule has 0 bridgehead atoms. The highest BCUT2D eigenvalue weighted by Gasteiger charge is 2.56. The lowest BCUT2D eigenvalue weighted by molar-refractivity contribution is -0.121. The molecule has 2 amide bonds. The Morgan fingerprint density at radius 1 is 0.742 bits per heavy atom. The Kier molecular flexibility index (Phi) is 4.88. The number of allylic oxidation sites excluding steroid dienone is 1. The van der Waals surface area contributed by atoms with Crippen LogP contribution in [0.25, 0.3) is 6.08 Å². The standard InChI is InChI=1S/C25H18ClN3O2/c26-18-12-14-19(15-13-18)28-24(30)22-21(16-11-17-7-3-1-4-8-17)27-29(23(22)25(28)31)20-9-5-2-6-10-20/h1-16,22-23H/b16-11+/t22-,23+/m1/s1. The third kappa shape index (κ3) is 3.43. The number of anilines is 2. The van der Waals surface area contributed by atoms with Gasteiger partial charge in [0, 0.05) is 5.02 Å². The van der Waals surface area contributed by atoms with E-state index in [0.717, 1.165) is 11.3 Å². The molecule has 6 heteroatoms. The molecule has 5 nitrogen and oxygen atoms in total. The molecule has 3 aromatic rings. The zero-order chi connectivity index (χ0) is 21.4. The summed E-state index contributed by atoms with van der Waals surface area (Å²) in [7, 11) is 0. The van der Waals surface area contributed by atoms with E-state index in [4.69, 9.17) is 11.6 Å². The SMILES string of the molecule is O=C1[C@@H]2C(/C=C/c3ccccc3)=NN(c3ccccc3)[C@@H]2C(=O)N1c1ccc(Cl)cc1. The minimum absolute atomic E-state index is 0.285. The van der Waals surface area contributed by atoms with E-state index < -0.39 is 12.0 Å². The molecular formula is C25H18ClN3O2. The normalized spacial score (nSPS) is 20.5. The van der Waals surface area contributed by atoms with E-state index in [2.05, 4.69) is 5.10 Å². The van der Waals surface area contributed by atoms with E-state index >= 15 is 0 Å². The summed E-state index contributed by atoms with van der Waals surface area (Å²) in [6.45, 7) is 0. The summed E-state index contributed by atoms with van der Waals surface area (Å²) >= 11 is 5.99. The average molecular weight is 428 g/mol. The second-order valence-electron chi connectivity index (χ2n) is 7.36. The molecule has 2 aliphatic heterocycles. The summed E-state index contributed by atoms with van der Waals surface area (Å²) in [5.74, 6) is -1.26. The Morgan fingerprint density at radius 3 is 2.06 bits per heavy atom. The van der Waals surface area contributed by atoms with Gasteiger partial charge in [0.25, 0.3) is 5.91 Å². The van der Waals surface area contributed by atoms with Gasteiger partial charge in [0.1, 0.15) is 12.0 Å². The van der Waals surface area contributed by atoms with Crippen molar-refractivity contribution >= 4 is 46.6 Å². The molecule has 0 N–H and O–H groups in total. The van der Waals surface area contributed by atoms with Crippen molar-refractivity contribution in [2.75, 3.05) is 9.91 Å². The van der Waals surface area contributed by atoms with Gasteiger partial charge in [-0.2, -0.15) is 5.10 Å². The Bertz CT molecular complexity index is 1190. The average Bonchev–Trinajstić information content (AvgIpc) is 3.31. The zero-order valence-electron chi connectivity index (χ0n) is 16.4. The molecular weight excluding hydrogens is 410 g/mol. The Morgan fingerprint density at radius 2 is 1.39 bits per heavy atom. The van der Waals surface area contributed by atoms with Gasteiger partial charge < -0.3 is 0 Å². The van der Waals surface area contributed by atoms with Crippen molar-refractivity contribution in [3.63, 3.8) is 0 Å². The van der Waals surface area contributed by atoms with E-state index in [9.17, 15) is 9.59 Å². The molecule has 1 saturated heterocycles. The van der Waals surface area contributed by atoms with Crippen molar-refractivity contribution in [2.24, 2.45) is 11.0 Å². The highest BCUT2D eigenvalue weighted by molar-refractivity contribution is 6.34. The van der Waals surface area contributed by atoms with E-state index in [1.165, 1.54) is 4.90 Å². The van der Waals surface area contributed by atoms with Crippen molar-refractivity contribution in [3.8, 4) is 0 Å². The number of hydrogen-bond acceptors (Lipinski definition) is 4. The number of carbonyl (C=O) groups excluding carboxylic acids is 2. The first kappa shape index (κ1) is 19.3. The number of para-hydroxylation sites is 1. The van der Waals surface area contributed by atoms with Crippen LogP contribution in [0.2, 0.25) is 5.02 Å². The number of amides is 2. The summed E-state index contributed by atoms with van der Waals surface area (Å²) in [5, 5.41) is 6.88. The summed E-state index contributed by atoms with van der Waals surface area (Å²) < 4.78 is 0. The first-order valence-corrected chi connectivity index (χ1v) is 10.3. The molecule has 2 aliphatic rings. The number of nitrogens with zero attached hydrogens (tertiary/aromatic N) is 3. The molecule has 2 heterocycles. The second kappa shape index (κ2) is 7.85. The third-order valence-corrected chi connectivity index (χ3v) is 5.68. The lowest BCUT2D eigenvalue weighted by atomic mass is 9.97. The third-order valence-electron chi connectivity index (χ3n) is 5.43. The van der Waals surface area contributed by atoms with Crippen molar-refractivity contribution < 1.29 is 9.59 Å². The first-order valence-electron chi connectivity index (χ1n) is 9.93. The molecule has 0 saturated carbocycles. The number of carbonyl (C=O) groups is 2. The van der Waals surface area contributed by atoms with Crippen molar-refractivity contribution in [1.82, 2.24) is 0 Å². The topological polar surface area (TPSA) is 53.0 Å². The lowest BCUT2D eigenvalue weighted by Crippen LogP contribution is -2.39. The molecule has 0 aliphatic carbocycles. The second-order valence-corrected chi connectivity index (χ2v) is 7.80. The van der Waals surface area contributed by atoms with Gasteiger partial charge in [-0.25, -0.2) is 4.90 Å². The number of imide groups is 1. The van der Waals surface area contributed by atoms with Gasteiger partial charge in [-0.1, -0.05) is 66.2 Å². The number of fused-ring (bicyclic) bond motifs is 1. The number of hydrogen-bond donors (Lipinski definition) is 0. The Balaban J connectivity index is 1.56. The van der Waals surface area contributed by atoms with Gasteiger partial charge in [0.2, 0.25) is 5.91 Å². The molecule has 5 rings (SSSR count). The molecule has 0 radical (unpaired) electrons. The molecule has 152 valence electrons. The highest BCUT2D eigenvalue weighted by atomic mass is 35.5. The zero-order valence-corrected chi connectivity index (χ0v) is 17.2. The van der Waals surface area contributed by atoms with E-state index in [-0.39, 0.29) is 11.8 Å². The van der Waals surface area contributed by atoms with Gasteiger partial charge in [-0.05, 0) is 48.0 Å². The number of rotatable bonds is 4. The number of benzene rings is 3. The minimum atomic E-state index is -0.721. The smallest absolute Gasteiger partial charge is 0.259 e. The largest absolute Gasteiger partial charge is 0.273 e. The molecule has 2 atom stereocenters. The first-order chi connectivity index (χ1) is 15.1. The van der Waals surface area contributed by atoms with Crippen LogP contribution in [0.1, 0.15) is 5.56 Å². The fraction of sp³-hybridized carbons (Fsp3) is 0.0800. The summed E-state index contributed by atoms with van der Waals surface area (Å²) in [6.07, 6.45) is 3.74. The molecule has 31 heavy (non-hydrogen) atoms. The Labute approximate surface area is 184 Å². The van der Waals surface area contributed by atoms with Crippen LogP contribution < -0.4 is 9.91 Å². The number of hydrazone groups is 1. The molecule has 0 unspecified atom stereocenters. The molecule has 0 aromatic heterocycles. The minimum Gasteiger partial charge on any atom is -0.273 e. The summed E-state index contributed by atoms with van der Waals surface area (Å²) in [4.78, 5) is 28.1. The predicted octanol–water partition coefficient (Wildman–Crippen LogP) is 4.79. The van der Waals surface area contributed by atoms with Gasteiger partial charge in [-0.15, -0.1) is 0 Å². The van der Waals surface area contributed by atoms with Gasteiger partial charge >= 0.3 is 0 Å². The fourth-order valence-electron chi connectivity index (χ4n) is 3.97. The van der Waals surface area contributed by atoms with E-state index in [1.54, 1.807) is 29.3 Å². The highest BCUT2D eigenvalue weighted by Crippen LogP contribution is 2.38. The van der Waals surface area contributed by atoms with Crippen LogP contribution in [-0.4, -0.2) is 23.6 Å². The molecule has 3 aromatic carbocycles. The molecule has 0 spiro atoms. The maximum absolute atomic E-state index is 13.4. The van der Waals surface area contributed by atoms with Crippen molar-refractivity contribution in [1.29, 1.82) is 0 Å². The summed E-state index contributed by atoms with van der Waals surface area (Å²) in [6, 6.07) is 25.2. The monoisotopic (exact) mass is 427 g/mol. The maximum Gasteiger partial charge on any atom is 0.259 e. The predicted molar refractivity (Wildman–Crippen MR) is 123 cm³/mol. The fourth-order valence-corrected chi connectivity index (χ4v) is 4.09. The van der Waals surface area contributed by atoms with Crippen LogP contribution in [0.4, 0.5) is 11.4 Å². The van der Waals surface area contributed by atoms with Crippen LogP contribution in [0, 0.1) is 5.92 Å². The quantitative estimate of drug-likeness (QED) is 0.562. The van der Waals surface area contributed by atoms with Gasteiger partial charge in [0.15, 0.2) is 0 Å². The molecule has 1 fully saturated rings. The Hall–Kier alpha value is -3.70. The number of halogens is 1. The van der Waals surface area contributed by atoms with Gasteiger partial charge in [-0.3, -0.25) is 14.6 Å². The van der Waals surface area contributed by atoms with Crippen LogP contribution in [-0.2, 0) is 9.59 Å². The van der Waals surface area contributed by atoms with Crippen LogP contribution in [0.3, 0.4) is 0 Å². The van der Waals surface area contributed by atoms with Crippen molar-refractivity contribution in [3.05, 3.63) is 102 Å². The lowest BCUT2D eigenvalue weighted by Gasteiger charge is -2.22. The van der Waals surface area contributed by atoms with E-state index in [0.29, 0.717) is 16.4 Å². The maximum atomic E-state index is 13.4. The van der Waals surface area contributed by atoms with Crippen LogP contribution in [0.15, 0.2) is 96.1 Å². The van der Waals surface area contributed by atoms with E-state index in [1.807, 2.05) is 72.8 Å². The van der Waals surface area contributed by atoms with Crippen LogP contribution >= 0.6 is 11.6 Å². The van der Waals surface area contributed by atoms with Crippen molar-refractivity contribution in [2.45, 2.75) is 6.04 Å². The van der Waals surface area contributed by atoms with Crippen LogP contribution in [0.5, 0.6) is 0 Å². The van der Waals surface area contributed by atoms with Gasteiger partial charge in [0.05, 0.1) is 17.1 Å².